The van der Waals surface area contributed by atoms with Crippen molar-refractivity contribution < 1.29 is 19.4 Å². The maximum Gasteiger partial charge on any atom is 0.338 e. The smallest absolute Gasteiger partial charge is 0.338 e. The molecule has 0 radical (unpaired) electrons. The van der Waals surface area contributed by atoms with E-state index in [1.807, 2.05) is 0 Å². The van der Waals surface area contributed by atoms with Crippen LogP contribution in [0.15, 0.2) is 71.5 Å². The third-order valence-electron chi connectivity index (χ3n) is 4.86. The van der Waals surface area contributed by atoms with Gasteiger partial charge in [-0.1, -0.05) is 53.5 Å². The molecule has 0 saturated carbocycles. The number of nitrogens with one attached hydrogen (secondary N) is 1. The third kappa shape index (κ3) is 4.10. The second-order valence-corrected chi connectivity index (χ2v) is 7.71. The zero-order valence-corrected chi connectivity index (χ0v) is 17.9. The van der Waals surface area contributed by atoms with E-state index in [-0.39, 0.29) is 27.2 Å². The molecule has 1 heterocycles. The number of benzene rings is 3. The number of ketones is 1. The molecule has 160 valence electrons. The number of esters is 1. The van der Waals surface area contributed by atoms with E-state index in [0.717, 1.165) is 0 Å². The Morgan fingerprint density at radius 2 is 1.62 bits per heavy atom. The Morgan fingerprint density at radius 1 is 0.938 bits per heavy atom. The lowest BCUT2D eigenvalue weighted by Crippen LogP contribution is -2.15. The Morgan fingerprint density at radius 3 is 2.34 bits per heavy atom. The molecule has 0 unspecified atom stereocenters. The van der Waals surface area contributed by atoms with Crippen LogP contribution >= 0.6 is 23.2 Å². The van der Waals surface area contributed by atoms with E-state index in [1.165, 1.54) is 18.2 Å². The zero-order chi connectivity index (χ0) is 22.8. The number of aromatic hydroxyl groups is 1. The molecule has 2 N–H and O–H groups in total. The van der Waals surface area contributed by atoms with Gasteiger partial charge in [-0.25, -0.2) is 4.79 Å². The number of aromatic nitrogens is 1. The van der Waals surface area contributed by atoms with Crippen molar-refractivity contribution in [1.82, 2.24) is 4.98 Å². The van der Waals surface area contributed by atoms with Gasteiger partial charge in [0.25, 0.3) is 0 Å². The fourth-order valence-electron chi connectivity index (χ4n) is 3.25. The van der Waals surface area contributed by atoms with Crippen molar-refractivity contribution in [2.45, 2.75) is 0 Å². The van der Waals surface area contributed by atoms with Crippen LogP contribution in [-0.4, -0.2) is 28.4 Å². The Labute approximate surface area is 192 Å². The summed E-state index contributed by atoms with van der Waals surface area (Å²) in [5, 5.41) is 11.2. The van der Waals surface area contributed by atoms with Crippen molar-refractivity contribution in [3.63, 3.8) is 0 Å². The van der Waals surface area contributed by atoms with E-state index < -0.39 is 29.5 Å². The number of fused-ring (bicyclic) bond motifs is 1. The number of pyridine rings is 1. The second kappa shape index (κ2) is 8.86. The van der Waals surface area contributed by atoms with Gasteiger partial charge in [0.1, 0.15) is 0 Å². The van der Waals surface area contributed by atoms with Gasteiger partial charge < -0.3 is 14.8 Å². The third-order valence-corrected chi connectivity index (χ3v) is 5.52. The Hall–Kier alpha value is -3.61. The fraction of sp³-hybridized carbons (Fsp3) is 0.0417. The summed E-state index contributed by atoms with van der Waals surface area (Å²) in [4.78, 5) is 40.4. The molecule has 8 heteroatoms. The van der Waals surface area contributed by atoms with Gasteiger partial charge in [-0.2, -0.15) is 0 Å². The van der Waals surface area contributed by atoms with E-state index in [4.69, 9.17) is 27.9 Å². The number of Topliss-reactive ketones (excluding diaryl/α,β-unsaturated/α-hetero) is 1. The molecule has 0 aliphatic heterocycles. The van der Waals surface area contributed by atoms with Gasteiger partial charge in [0.05, 0.1) is 26.8 Å². The molecule has 1 aromatic heterocycles. The minimum atomic E-state index is -0.750. The van der Waals surface area contributed by atoms with E-state index in [0.29, 0.717) is 16.1 Å². The van der Waals surface area contributed by atoms with Crippen LogP contribution in [0.5, 0.6) is 5.75 Å². The number of halogens is 2. The maximum atomic E-state index is 12.6. The maximum absolute atomic E-state index is 12.6. The average Bonchev–Trinajstić information content (AvgIpc) is 2.80. The van der Waals surface area contributed by atoms with Gasteiger partial charge in [0.2, 0.25) is 11.2 Å². The van der Waals surface area contributed by atoms with Gasteiger partial charge in [-0.05, 0) is 36.4 Å². The van der Waals surface area contributed by atoms with Crippen LogP contribution in [0.4, 0.5) is 0 Å². The average molecular weight is 468 g/mol. The predicted molar refractivity (Wildman–Crippen MR) is 123 cm³/mol. The van der Waals surface area contributed by atoms with Crippen LogP contribution in [0, 0.1) is 0 Å². The van der Waals surface area contributed by atoms with E-state index in [2.05, 4.69) is 4.98 Å². The van der Waals surface area contributed by atoms with Crippen molar-refractivity contribution in [2.24, 2.45) is 0 Å². The normalized spacial score (nSPS) is 10.8. The molecular formula is C24H15Cl2NO5. The Balaban J connectivity index is 1.64. The summed E-state index contributed by atoms with van der Waals surface area (Å²) in [7, 11) is 0. The monoisotopic (exact) mass is 467 g/mol. The van der Waals surface area contributed by atoms with Crippen molar-refractivity contribution in [2.75, 3.05) is 6.61 Å². The highest BCUT2D eigenvalue weighted by molar-refractivity contribution is 6.34. The summed E-state index contributed by atoms with van der Waals surface area (Å²) in [6.07, 6.45) is 0. The molecule has 32 heavy (non-hydrogen) atoms. The molecule has 0 aliphatic carbocycles. The van der Waals surface area contributed by atoms with Gasteiger partial charge >= 0.3 is 5.97 Å². The topological polar surface area (TPSA) is 96.5 Å². The molecule has 0 spiro atoms. The summed E-state index contributed by atoms with van der Waals surface area (Å²) >= 11 is 12.2. The lowest BCUT2D eigenvalue weighted by Gasteiger charge is -2.10. The van der Waals surface area contributed by atoms with Crippen molar-refractivity contribution in [3.05, 3.63) is 98.1 Å². The molecule has 4 aromatic rings. The Kier molecular flexibility index (Phi) is 5.99. The largest absolute Gasteiger partial charge is 0.503 e. The highest BCUT2D eigenvalue weighted by Gasteiger charge is 2.18. The minimum absolute atomic E-state index is 0.121. The highest BCUT2D eigenvalue weighted by Crippen LogP contribution is 2.32. The van der Waals surface area contributed by atoms with Crippen LogP contribution in [-0.2, 0) is 4.74 Å². The molecular weight excluding hydrogens is 453 g/mol. The van der Waals surface area contributed by atoms with Gasteiger partial charge in [-0.15, -0.1) is 0 Å². The van der Waals surface area contributed by atoms with Crippen LogP contribution in [0.3, 0.4) is 0 Å². The van der Waals surface area contributed by atoms with Gasteiger partial charge in [0.15, 0.2) is 12.4 Å². The molecule has 0 atom stereocenters. The van der Waals surface area contributed by atoms with Crippen LogP contribution in [0.25, 0.3) is 22.2 Å². The predicted octanol–water partition coefficient (Wildman–Crippen LogP) is 5.25. The first-order valence-electron chi connectivity index (χ1n) is 9.45. The number of carbonyl (C=O) groups excluding carboxylic acids is 2. The van der Waals surface area contributed by atoms with Crippen molar-refractivity contribution in [1.29, 1.82) is 0 Å². The summed E-state index contributed by atoms with van der Waals surface area (Å²) in [6, 6.07) is 17.4. The van der Waals surface area contributed by atoms with Crippen LogP contribution < -0.4 is 5.43 Å². The molecule has 0 saturated heterocycles. The zero-order valence-electron chi connectivity index (χ0n) is 16.4. The summed E-state index contributed by atoms with van der Waals surface area (Å²) in [5.41, 5.74) is 0.633. The summed E-state index contributed by atoms with van der Waals surface area (Å²) in [6.45, 7) is -0.489. The van der Waals surface area contributed by atoms with Crippen molar-refractivity contribution in [3.8, 4) is 17.0 Å². The second-order valence-electron chi connectivity index (χ2n) is 6.90. The first kappa shape index (κ1) is 21.6. The van der Waals surface area contributed by atoms with E-state index in [9.17, 15) is 19.5 Å². The van der Waals surface area contributed by atoms with E-state index in [1.54, 1.807) is 48.5 Å². The number of aromatic amines is 1. The Bertz CT molecular complexity index is 1430. The molecule has 4 rings (SSSR count). The molecule has 0 fully saturated rings. The minimum Gasteiger partial charge on any atom is -0.503 e. The molecule has 3 aromatic carbocycles. The van der Waals surface area contributed by atoms with Crippen molar-refractivity contribution >= 4 is 45.9 Å². The number of hydrogen-bond donors (Lipinski definition) is 2. The quantitative estimate of drug-likeness (QED) is 0.308. The number of rotatable bonds is 5. The van der Waals surface area contributed by atoms with Crippen LogP contribution in [0.1, 0.15) is 20.7 Å². The fourth-order valence-corrected chi connectivity index (χ4v) is 3.72. The first-order valence-corrected chi connectivity index (χ1v) is 10.2. The lowest BCUT2D eigenvalue weighted by atomic mass is 10.1. The molecule has 6 nitrogen and oxygen atoms in total. The first-order chi connectivity index (χ1) is 15.4. The standard InChI is InChI=1S/C24H15Cl2NO5/c25-17-7-3-1-5-14(17)20(28)12-32-24(31)13-9-10-16-19(11-13)27-21(23(30)22(16)29)15-6-2-4-8-18(15)26/h1-11,30H,12H2,(H,27,29). The highest BCUT2D eigenvalue weighted by atomic mass is 35.5. The molecule has 0 bridgehead atoms. The summed E-state index contributed by atoms with van der Waals surface area (Å²) < 4.78 is 5.13. The van der Waals surface area contributed by atoms with Crippen LogP contribution in [0.2, 0.25) is 10.0 Å². The number of ether oxygens (including phenoxy) is 1. The van der Waals surface area contributed by atoms with Gasteiger partial charge in [0, 0.05) is 16.5 Å². The van der Waals surface area contributed by atoms with Gasteiger partial charge in [-0.3, -0.25) is 9.59 Å². The number of hydrogen-bond acceptors (Lipinski definition) is 5. The van der Waals surface area contributed by atoms with E-state index >= 15 is 0 Å². The number of H-pyrrole nitrogens is 1. The lowest BCUT2D eigenvalue weighted by molar-refractivity contribution is 0.0475. The summed E-state index contributed by atoms with van der Waals surface area (Å²) in [5.74, 6) is -1.67. The SMILES string of the molecule is O=C(OCC(=O)c1ccccc1Cl)c1ccc2c(=O)c(O)c(-c3ccccc3Cl)[nH]c2c1. The molecule has 0 aliphatic rings. The molecule has 0 amide bonds. The number of carbonyl (C=O) groups is 2.